The topological polar surface area (TPSA) is 42.0 Å². The molecule has 6 rings (SSSR count). The first-order valence-corrected chi connectivity index (χ1v) is 10.8. The van der Waals surface area contributed by atoms with Crippen molar-refractivity contribution < 1.29 is 4.79 Å². The number of nitrogens with zero attached hydrogens (tertiary/aromatic N) is 1. The lowest BCUT2D eigenvalue weighted by Crippen LogP contribution is -2.55. The van der Waals surface area contributed by atoms with E-state index in [1.54, 1.807) is 24.3 Å². The van der Waals surface area contributed by atoms with Crippen molar-refractivity contribution in [3.63, 3.8) is 0 Å². The van der Waals surface area contributed by atoms with E-state index in [0.717, 1.165) is 36.8 Å². The van der Waals surface area contributed by atoms with Crippen LogP contribution < -0.4 is 5.32 Å². The van der Waals surface area contributed by atoms with Crippen molar-refractivity contribution in [2.75, 3.05) is 5.32 Å². The Morgan fingerprint density at radius 2 is 2.00 bits per heavy atom. The van der Waals surface area contributed by atoms with Gasteiger partial charge in [0.1, 0.15) is 0 Å². The lowest BCUT2D eigenvalue weighted by Gasteiger charge is -2.59. The van der Waals surface area contributed by atoms with Crippen LogP contribution in [0.4, 0.5) is 5.13 Å². The number of thiazole rings is 1. The summed E-state index contributed by atoms with van der Waals surface area (Å²) in [5.74, 6) is 1.30. The van der Waals surface area contributed by atoms with Crippen molar-refractivity contribution in [1.29, 1.82) is 0 Å². The molecule has 1 heterocycles. The van der Waals surface area contributed by atoms with Gasteiger partial charge >= 0.3 is 0 Å². The number of hydrogen-bond acceptors (Lipinski definition) is 3. The van der Waals surface area contributed by atoms with Crippen LogP contribution in [0.1, 0.15) is 54.6 Å². The third kappa shape index (κ3) is 2.87. The van der Waals surface area contributed by atoms with Gasteiger partial charge in [0.2, 0.25) is 0 Å². The Morgan fingerprint density at radius 3 is 2.69 bits per heavy atom. The fourth-order valence-corrected chi connectivity index (χ4v) is 7.54. The number of amides is 1. The van der Waals surface area contributed by atoms with Crippen LogP contribution in [0.25, 0.3) is 0 Å². The SMILES string of the molecule is O=C(Nc1nc(C23C[C@H]4C[C@@H](CC(Cl)(C4)C2)C3)cs1)c1cccc(Cl)c1. The van der Waals surface area contributed by atoms with Gasteiger partial charge in [0.15, 0.2) is 5.13 Å². The van der Waals surface area contributed by atoms with Crippen molar-refractivity contribution in [2.45, 2.75) is 48.8 Å². The number of benzene rings is 1. The van der Waals surface area contributed by atoms with E-state index in [-0.39, 0.29) is 16.2 Å². The molecule has 3 nitrogen and oxygen atoms in total. The molecular weight excluding hydrogens is 387 g/mol. The second kappa shape index (κ2) is 5.95. The number of carbonyl (C=O) groups excluding carboxylic acids is 1. The molecule has 1 aromatic heterocycles. The largest absolute Gasteiger partial charge is 0.298 e. The van der Waals surface area contributed by atoms with E-state index in [1.807, 2.05) is 0 Å². The van der Waals surface area contributed by atoms with Crippen LogP contribution in [0.2, 0.25) is 5.02 Å². The van der Waals surface area contributed by atoms with Gasteiger partial charge in [-0.15, -0.1) is 22.9 Å². The standard InChI is InChI=1S/C20H20Cl2N2OS/c21-15-3-1-2-14(5-15)17(25)24-18-23-16(10-26-18)19-6-12-4-13(7-19)9-20(22,8-12)11-19/h1-3,5,10,12-13H,4,6-9,11H2,(H,23,24,25)/t12-,13-,19?,20?/m1/s1. The van der Waals surface area contributed by atoms with Crippen LogP contribution in [0.5, 0.6) is 0 Å². The Balaban J connectivity index is 1.38. The summed E-state index contributed by atoms with van der Waals surface area (Å²) < 4.78 is 0. The molecule has 2 atom stereocenters. The third-order valence-corrected chi connectivity index (χ3v) is 7.78. The first kappa shape index (κ1) is 17.0. The Labute approximate surface area is 167 Å². The van der Waals surface area contributed by atoms with Crippen molar-refractivity contribution >= 4 is 45.6 Å². The van der Waals surface area contributed by atoms with Crippen LogP contribution in [0, 0.1) is 11.8 Å². The lowest BCUT2D eigenvalue weighted by atomic mass is 9.48. The predicted molar refractivity (Wildman–Crippen MR) is 106 cm³/mol. The van der Waals surface area contributed by atoms with Crippen molar-refractivity contribution in [3.05, 3.63) is 45.9 Å². The van der Waals surface area contributed by atoms with Crippen LogP contribution in [-0.4, -0.2) is 15.8 Å². The summed E-state index contributed by atoms with van der Waals surface area (Å²) in [5.41, 5.74) is 1.79. The van der Waals surface area contributed by atoms with E-state index in [1.165, 1.54) is 30.6 Å². The number of hydrogen-bond donors (Lipinski definition) is 1. The van der Waals surface area contributed by atoms with Crippen molar-refractivity contribution in [3.8, 4) is 0 Å². The molecule has 0 spiro atoms. The van der Waals surface area contributed by atoms with E-state index in [0.29, 0.717) is 15.7 Å². The maximum absolute atomic E-state index is 12.5. The second-order valence-electron chi connectivity index (χ2n) is 8.39. The maximum atomic E-state index is 12.5. The Kier molecular flexibility index (Phi) is 3.90. The monoisotopic (exact) mass is 406 g/mol. The van der Waals surface area contributed by atoms with Gasteiger partial charge in [0, 0.05) is 26.3 Å². The zero-order valence-electron chi connectivity index (χ0n) is 14.3. The molecule has 0 saturated heterocycles. The highest BCUT2D eigenvalue weighted by Crippen LogP contribution is 2.64. The van der Waals surface area contributed by atoms with Gasteiger partial charge < -0.3 is 0 Å². The molecule has 136 valence electrons. The highest BCUT2D eigenvalue weighted by Gasteiger charge is 2.58. The molecule has 0 unspecified atom stereocenters. The minimum Gasteiger partial charge on any atom is -0.298 e. The van der Waals surface area contributed by atoms with E-state index < -0.39 is 0 Å². The average molecular weight is 407 g/mol. The predicted octanol–water partition coefficient (Wildman–Crippen LogP) is 5.88. The second-order valence-corrected chi connectivity index (χ2v) is 10.5. The Hall–Kier alpha value is -1.10. The van der Waals surface area contributed by atoms with Gasteiger partial charge in [-0.3, -0.25) is 10.1 Å². The average Bonchev–Trinajstić information content (AvgIpc) is 3.02. The van der Waals surface area contributed by atoms with Crippen LogP contribution >= 0.6 is 34.5 Å². The van der Waals surface area contributed by atoms with Gasteiger partial charge in [-0.25, -0.2) is 4.98 Å². The van der Waals surface area contributed by atoms with Gasteiger partial charge in [-0.1, -0.05) is 17.7 Å². The molecular formula is C20H20Cl2N2OS. The summed E-state index contributed by atoms with van der Waals surface area (Å²) in [4.78, 5) is 17.2. The number of halogens is 2. The number of anilines is 1. The van der Waals surface area contributed by atoms with E-state index >= 15 is 0 Å². The highest BCUT2D eigenvalue weighted by atomic mass is 35.5. The summed E-state index contributed by atoms with van der Waals surface area (Å²) in [5, 5.41) is 6.26. The van der Waals surface area contributed by atoms with Crippen LogP contribution in [0.3, 0.4) is 0 Å². The summed E-state index contributed by atoms with van der Waals surface area (Å²) >= 11 is 14.4. The quantitative estimate of drug-likeness (QED) is 0.646. The molecule has 0 radical (unpaired) electrons. The summed E-state index contributed by atoms with van der Waals surface area (Å²) in [6.07, 6.45) is 7.08. The van der Waals surface area contributed by atoms with Crippen molar-refractivity contribution in [1.82, 2.24) is 4.98 Å². The molecule has 4 aliphatic rings. The van der Waals surface area contributed by atoms with Gasteiger partial charge in [0.25, 0.3) is 5.91 Å². The zero-order valence-corrected chi connectivity index (χ0v) is 16.6. The first-order chi connectivity index (χ1) is 12.4. The molecule has 4 bridgehead atoms. The fourth-order valence-electron chi connectivity index (χ4n) is 5.82. The van der Waals surface area contributed by atoms with E-state index in [2.05, 4.69) is 10.7 Å². The number of aromatic nitrogens is 1. The molecule has 4 aliphatic carbocycles. The van der Waals surface area contributed by atoms with Crippen LogP contribution in [0.15, 0.2) is 29.6 Å². The molecule has 4 fully saturated rings. The molecule has 4 saturated carbocycles. The molecule has 6 heteroatoms. The zero-order chi connectivity index (χ0) is 17.9. The number of nitrogens with one attached hydrogen (secondary N) is 1. The molecule has 0 aliphatic heterocycles. The van der Waals surface area contributed by atoms with Gasteiger partial charge in [-0.05, 0) is 68.6 Å². The van der Waals surface area contributed by atoms with E-state index in [4.69, 9.17) is 28.2 Å². The minimum atomic E-state index is -0.173. The summed E-state index contributed by atoms with van der Waals surface area (Å²) in [6.45, 7) is 0. The first-order valence-electron chi connectivity index (χ1n) is 9.15. The molecule has 1 amide bonds. The Morgan fingerprint density at radius 1 is 1.23 bits per heavy atom. The highest BCUT2D eigenvalue weighted by molar-refractivity contribution is 7.14. The van der Waals surface area contributed by atoms with E-state index in [9.17, 15) is 4.79 Å². The molecule has 1 aromatic carbocycles. The van der Waals surface area contributed by atoms with Gasteiger partial charge in [-0.2, -0.15) is 0 Å². The fraction of sp³-hybridized carbons (Fsp3) is 0.500. The van der Waals surface area contributed by atoms with Crippen LogP contribution in [-0.2, 0) is 5.41 Å². The number of rotatable bonds is 3. The molecule has 26 heavy (non-hydrogen) atoms. The minimum absolute atomic E-state index is 0.0299. The third-order valence-electron chi connectivity index (χ3n) is 6.34. The normalized spacial score (nSPS) is 34.8. The lowest BCUT2D eigenvalue weighted by molar-refractivity contribution is 0.00720. The Bertz CT molecular complexity index is 866. The van der Waals surface area contributed by atoms with Gasteiger partial charge in [0.05, 0.1) is 5.69 Å². The maximum Gasteiger partial charge on any atom is 0.257 e. The number of carbonyl (C=O) groups is 1. The molecule has 2 aromatic rings. The smallest absolute Gasteiger partial charge is 0.257 e. The molecule has 1 N–H and O–H groups in total. The summed E-state index contributed by atoms with van der Waals surface area (Å²) in [6, 6.07) is 6.96. The number of alkyl halides is 1. The summed E-state index contributed by atoms with van der Waals surface area (Å²) in [7, 11) is 0. The van der Waals surface area contributed by atoms with Crippen molar-refractivity contribution in [2.24, 2.45) is 11.8 Å².